The van der Waals surface area contributed by atoms with Gasteiger partial charge in [0.15, 0.2) is 0 Å². The van der Waals surface area contributed by atoms with Gasteiger partial charge in [-0.15, -0.1) is 11.3 Å². The van der Waals surface area contributed by atoms with Gasteiger partial charge >= 0.3 is 5.97 Å². The highest BCUT2D eigenvalue weighted by atomic mass is 32.1. The van der Waals surface area contributed by atoms with Crippen LogP contribution in [0.4, 0.5) is 0 Å². The maximum Gasteiger partial charge on any atom is 0.352 e. The van der Waals surface area contributed by atoms with Crippen molar-refractivity contribution in [3.63, 3.8) is 0 Å². The summed E-state index contributed by atoms with van der Waals surface area (Å²) < 4.78 is 0. The second-order valence-corrected chi connectivity index (χ2v) is 5.69. The first-order chi connectivity index (χ1) is 9.95. The fourth-order valence-corrected chi connectivity index (χ4v) is 2.62. The van der Waals surface area contributed by atoms with Gasteiger partial charge in [0.25, 0.3) is 5.91 Å². The highest BCUT2D eigenvalue weighted by Crippen LogP contribution is 2.14. The fraction of sp³-hybridized carbons (Fsp3) is 0.125. The average Bonchev–Trinajstić information content (AvgIpc) is 2.89. The summed E-state index contributed by atoms with van der Waals surface area (Å²) in [5.74, 6) is -1.59. The van der Waals surface area contributed by atoms with E-state index in [1.165, 1.54) is 17.4 Å². The molecule has 2 N–H and O–H groups in total. The van der Waals surface area contributed by atoms with Crippen molar-refractivity contribution < 1.29 is 14.7 Å². The summed E-state index contributed by atoms with van der Waals surface area (Å²) in [4.78, 5) is 24.2. The Labute approximate surface area is 126 Å². The van der Waals surface area contributed by atoms with E-state index in [1.807, 2.05) is 31.4 Å². The predicted octanol–water partition coefficient (Wildman–Crippen LogP) is 3.22. The van der Waals surface area contributed by atoms with Crippen LogP contribution in [0.5, 0.6) is 0 Å². The third kappa shape index (κ3) is 4.03. The molecule has 0 atom stereocenters. The van der Waals surface area contributed by atoms with Gasteiger partial charge in [-0.1, -0.05) is 23.3 Å². The molecule has 0 unspecified atom stereocenters. The van der Waals surface area contributed by atoms with Crippen molar-refractivity contribution in [2.75, 3.05) is 0 Å². The van der Waals surface area contributed by atoms with Gasteiger partial charge in [-0.25, -0.2) is 4.79 Å². The van der Waals surface area contributed by atoms with Crippen molar-refractivity contribution >= 4 is 29.3 Å². The molecule has 5 heteroatoms. The van der Waals surface area contributed by atoms with E-state index in [-0.39, 0.29) is 5.70 Å². The van der Waals surface area contributed by atoms with Crippen LogP contribution in [-0.4, -0.2) is 17.0 Å². The predicted molar refractivity (Wildman–Crippen MR) is 83.3 cm³/mol. The van der Waals surface area contributed by atoms with Gasteiger partial charge in [-0.2, -0.15) is 0 Å². The topological polar surface area (TPSA) is 66.4 Å². The first-order valence-corrected chi connectivity index (χ1v) is 7.22. The van der Waals surface area contributed by atoms with Crippen LogP contribution in [0, 0.1) is 13.8 Å². The lowest BCUT2D eigenvalue weighted by Gasteiger charge is -2.07. The summed E-state index contributed by atoms with van der Waals surface area (Å²) in [6.45, 7) is 3.78. The Hall–Kier alpha value is -2.40. The summed E-state index contributed by atoms with van der Waals surface area (Å²) in [6.07, 6.45) is 1.45. The second-order valence-electron chi connectivity index (χ2n) is 4.71. The minimum Gasteiger partial charge on any atom is -0.477 e. The maximum atomic E-state index is 12.2. The molecule has 0 bridgehead atoms. The smallest absolute Gasteiger partial charge is 0.352 e. The van der Waals surface area contributed by atoms with Gasteiger partial charge in [0.1, 0.15) is 5.70 Å². The maximum absolute atomic E-state index is 12.2. The lowest BCUT2D eigenvalue weighted by atomic mass is 10.1. The SMILES string of the molecule is Cc1cc(C)cc(C(=O)N/C(=C/c2cccs2)C(=O)O)c1. The number of carboxylic acid groups (broad SMARTS) is 1. The number of benzene rings is 1. The molecule has 2 aromatic rings. The summed E-state index contributed by atoms with van der Waals surface area (Å²) in [6, 6.07) is 9.02. The average molecular weight is 301 g/mol. The Morgan fingerprint density at radius 2 is 1.86 bits per heavy atom. The fourth-order valence-electron chi connectivity index (χ4n) is 1.97. The first-order valence-electron chi connectivity index (χ1n) is 6.34. The summed E-state index contributed by atoms with van der Waals surface area (Å²) in [5.41, 5.74) is 2.23. The number of carbonyl (C=O) groups excluding carboxylic acids is 1. The number of aliphatic carboxylic acids is 1. The van der Waals surface area contributed by atoms with Crippen LogP contribution in [0.2, 0.25) is 0 Å². The largest absolute Gasteiger partial charge is 0.477 e. The van der Waals surface area contributed by atoms with E-state index in [9.17, 15) is 14.7 Å². The minimum atomic E-state index is -1.17. The van der Waals surface area contributed by atoms with Crippen molar-refractivity contribution in [1.82, 2.24) is 5.32 Å². The van der Waals surface area contributed by atoms with Crippen molar-refractivity contribution in [3.8, 4) is 0 Å². The van der Waals surface area contributed by atoms with Crippen molar-refractivity contribution in [1.29, 1.82) is 0 Å². The molecule has 0 aliphatic heterocycles. The normalized spacial score (nSPS) is 11.2. The molecule has 108 valence electrons. The summed E-state index contributed by atoms with van der Waals surface area (Å²) in [5, 5.41) is 13.5. The first kappa shape index (κ1) is 15.0. The zero-order valence-electron chi connectivity index (χ0n) is 11.7. The van der Waals surface area contributed by atoms with Crippen molar-refractivity contribution in [2.45, 2.75) is 13.8 Å². The Bertz CT molecular complexity index is 682. The molecule has 4 nitrogen and oxygen atoms in total. The number of nitrogens with one attached hydrogen (secondary N) is 1. The van der Waals surface area contributed by atoms with Crippen molar-refractivity contribution in [2.24, 2.45) is 0 Å². The van der Waals surface area contributed by atoms with E-state index >= 15 is 0 Å². The molecule has 2 rings (SSSR count). The number of aryl methyl sites for hydroxylation is 2. The Balaban J connectivity index is 2.25. The van der Waals surface area contributed by atoms with Gasteiger partial charge < -0.3 is 10.4 Å². The molecule has 0 radical (unpaired) electrons. The van der Waals surface area contributed by atoms with Gasteiger partial charge in [0.05, 0.1) is 0 Å². The number of rotatable bonds is 4. The molecule has 21 heavy (non-hydrogen) atoms. The molecular formula is C16H15NO3S. The van der Waals surface area contributed by atoms with Gasteiger partial charge in [-0.05, 0) is 43.5 Å². The van der Waals surface area contributed by atoms with Crippen LogP contribution in [0.25, 0.3) is 6.08 Å². The number of hydrogen-bond donors (Lipinski definition) is 2. The van der Waals surface area contributed by atoms with Crippen LogP contribution in [0.3, 0.4) is 0 Å². The summed E-state index contributed by atoms with van der Waals surface area (Å²) in [7, 11) is 0. The zero-order chi connectivity index (χ0) is 15.4. The quantitative estimate of drug-likeness (QED) is 0.852. The third-order valence-electron chi connectivity index (χ3n) is 2.79. The molecule has 0 fully saturated rings. The molecule has 1 aromatic heterocycles. The van der Waals surface area contributed by atoms with E-state index in [4.69, 9.17) is 0 Å². The Kier molecular flexibility index (Phi) is 4.55. The van der Waals surface area contributed by atoms with Crippen LogP contribution in [0.1, 0.15) is 26.4 Å². The third-order valence-corrected chi connectivity index (χ3v) is 3.61. The molecule has 0 aliphatic carbocycles. The van der Waals surface area contributed by atoms with E-state index in [2.05, 4.69) is 5.32 Å². The van der Waals surface area contributed by atoms with Gasteiger partial charge in [0, 0.05) is 10.4 Å². The molecule has 1 aromatic carbocycles. The monoisotopic (exact) mass is 301 g/mol. The molecule has 0 spiro atoms. The lowest BCUT2D eigenvalue weighted by Crippen LogP contribution is -2.27. The van der Waals surface area contributed by atoms with E-state index < -0.39 is 11.9 Å². The van der Waals surface area contributed by atoms with Crippen LogP contribution in [-0.2, 0) is 4.79 Å². The highest BCUT2D eigenvalue weighted by Gasteiger charge is 2.14. The van der Waals surface area contributed by atoms with Gasteiger partial charge in [0.2, 0.25) is 0 Å². The Morgan fingerprint density at radius 3 is 2.38 bits per heavy atom. The van der Waals surface area contributed by atoms with Crippen LogP contribution in [0.15, 0.2) is 41.4 Å². The molecule has 0 aliphatic rings. The number of thiophene rings is 1. The van der Waals surface area contributed by atoms with Crippen LogP contribution < -0.4 is 5.32 Å². The molecule has 1 amide bonds. The number of hydrogen-bond acceptors (Lipinski definition) is 3. The molecule has 0 saturated carbocycles. The van der Waals surface area contributed by atoms with Crippen molar-refractivity contribution in [3.05, 3.63) is 63.0 Å². The number of amides is 1. The standard InChI is InChI=1S/C16H15NO3S/c1-10-6-11(2)8-12(7-10)15(18)17-14(16(19)20)9-13-4-3-5-21-13/h3-9H,1-2H3,(H,17,18)(H,19,20)/b14-9+. The lowest BCUT2D eigenvalue weighted by molar-refractivity contribution is -0.132. The van der Waals surface area contributed by atoms with E-state index in [0.717, 1.165) is 16.0 Å². The van der Waals surface area contributed by atoms with E-state index in [0.29, 0.717) is 5.56 Å². The number of carbonyl (C=O) groups is 2. The zero-order valence-corrected chi connectivity index (χ0v) is 12.5. The molecular weight excluding hydrogens is 286 g/mol. The molecule has 1 heterocycles. The van der Waals surface area contributed by atoms with Crippen LogP contribution >= 0.6 is 11.3 Å². The molecule has 0 saturated heterocycles. The second kappa shape index (κ2) is 6.37. The summed E-state index contributed by atoms with van der Waals surface area (Å²) >= 11 is 1.41. The van der Waals surface area contributed by atoms with E-state index in [1.54, 1.807) is 18.2 Å². The number of carboxylic acids is 1. The highest BCUT2D eigenvalue weighted by molar-refractivity contribution is 7.10. The van der Waals surface area contributed by atoms with Gasteiger partial charge in [-0.3, -0.25) is 4.79 Å². The Morgan fingerprint density at radius 1 is 1.19 bits per heavy atom. The minimum absolute atomic E-state index is 0.137.